The van der Waals surface area contributed by atoms with E-state index in [1.807, 2.05) is 0 Å². The predicted octanol–water partition coefficient (Wildman–Crippen LogP) is 4.94. The van der Waals surface area contributed by atoms with Gasteiger partial charge in [-0.2, -0.15) is 0 Å². The van der Waals surface area contributed by atoms with Gasteiger partial charge in [0.25, 0.3) is 0 Å². The van der Waals surface area contributed by atoms with Crippen LogP contribution in [0.5, 0.6) is 34.5 Å². The maximum Gasteiger partial charge on any atom is 0.312 e. The molecule has 0 spiro atoms. The van der Waals surface area contributed by atoms with Crippen LogP contribution >= 0.6 is 0 Å². The van der Waals surface area contributed by atoms with Crippen molar-refractivity contribution >= 4 is 16.9 Å². The van der Waals surface area contributed by atoms with Crippen molar-refractivity contribution in [2.45, 2.75) is 12.3 Å². The van der Waals surface area contributed by atoms with E-state index in [0.717, 1.165) is 0 Å². The lowest BCUT2D eigenvalue weighted by Crippen LogP contribution is -2.22. The Morgan fingerprint density at radius 2 is 1.42 bits per heavy atom. The maximum atomic E-state index is 13.8. The quantitative estimate of drug-likeness (QED) is 0.248. The lowest BCUT2D eigenvalue weighted by atomic mass is 9.84. The lowest BCUT2D eigenvalue weighted by Gasteiger charge is -2.28. The Labute approximate surface area is 218 Å². The van der Waals surface area contributed by atoms with E-state index in [1.165, 1.54) is 34.7 Å². The molecule has 1 aromatic heterocycles. The first-order valence-electron chi connectivity index (χ1n) is 11.7. The summed E-state index contributed by atoms with van der Waals surface area (Å²) in [6, 6.07) is 12.1. The molecule has 1 unspecified atom stereocenters. The third kappa shape index (κ3) is 4.06. The van der Waals surface area contributed by atoms with Crippen LogP contribution in [0.2, 0.25) is 0 Å². The SMILES string of the molecule is COc1ccc(-c2coc3c4c(cc(OC)c3c2=O)OC(=O)CC4c2cc(OC)c(OC)cc2OC)cc1. The van der Waals surface area contributed by atoms with Gasteiger partial charge in [0.1, 0.15) is 40.2 Å². The van der Waals surface area contributed by atoms with Crippen molar-refractivity contribution in [3.8, 4) is 45.6 Å². The largest absolute Gasteiger partial charge is 0.497 e. The van der Waals surface area contributed by atoms with Gasteiger partial charge in [-0.05, 0) is 23.8 Å². The molecule has 0 radical (unpaired) electrons. The molecule has 38 heavy (non-hydrogen) atoms. The van der Waals surface area contributed by atoms with Gasteiger partial charge in [0.2, 0.25) is 5.43 Å². The van der Waals surface area contributed by atoms with E-state index in [0.29, 0.717) is 45.3 Å². The van der Waals surface area contributed by atoms with Gasteiger partial charge in [-0.1, -0.05) is 12.1 Å². The maximum absolute atomic E-state index is 13.8. The molecule has 0 N–H and O–H groups in total. The molecule has 1 atom stereocenters. The number of methoxy groups -OCH3 is 5. The summed E-state index contributed by atoms with van der Waals surface area (Å²) < 4.78 is 39.1. The molecule has 0 amide bonds. The molecule has 5 rings (SSSR count). The summed E-state index contributed by atoms with van der Waals surface area (Å²) in [4.78, 5) is 26.5. The van der Waals surface area contributed by atoms with Crippen LogP contribution in [0.15, 0.2) is 57.9 Å². The van der Waals surface area contributed by atoms with Crippen molar-refractivity contribution < 1.29 is 37.6 Å². The van der Waals surface area contributed by atoms with Gasteiger partial charge in [0.05, 0.1) is 47.5 Å². The average Bonchev–Trinajstić information content (AvgIpc) is 2.95. The summed E-state index contributed by atoms with van der Waals surface area (Å²) in [5, 5.41) is 0.238. The molecule has 0 bridgehead atoms. The second-order valence-electron chi connectivity index (χ2n) is 8.58. The van der Waals surface area contributed by atoms with E-state index in [1.54, 1.807) is 49.6 Å². The molecule has 2 heterocycles. The Hall–Kier alpha value is -4.66. The predicted molar refractivity (Wildman–Crippen MR) is 139 cm³/mol. The van der Waals surface area contributed by atoms with Gasteiger partial charge in [0.15, 0.2) is 11.5 Å². The minimum absolute atomic E-state index is 0.00971. The van der Waals surface area contributed by atoms with Gasteiger partial charge >= 0.3 is 5.97 Å². The summed E-state index contributed by atoms with van der Waals surface area (Å²) in [6.07, 6.45) is 1.40. The third-order valence-electron chi connectivity index (χ3n) is 6.69. The molecular formula is C29H26O9. The molecular weight excluding hydrogens is 492 g/mol. The lowest BCUT2D eigenvalue weighted by molar-refractivity contribution is -0.135. The van der Waals surface area contributed by atoms with Crippen molar-refractivity contribution in [3.05, 3.63) is 70.1 Å². The Balaban J connectivity index is 1.78. The zero-order valence-corrected chi connectivity index (χ0v) is 21.6. The molecule has 196 valence electrons. The topological polar surface area (TPSA) is 103 Å². The van der Waals surface area contributed by atoms with Gasteiger partial charge in [0, 0.05) is 29.2 Å². The second kappa shape index (κ2) is 10.0. The molecule has 9 nitrogen and oxygen atoms in total. The summed E-state index contributed by atoms with van der Waals surface area (Å²) in [5.74, 6) is 1.55. The summed E-state index contributed by atoms with van der Waals surface area (Å²) in [7, 11) is 7.60. The van der Waals surface area contributed by atoms with Gasteiger partial charge in [-0.15, -0.1) is 0 Å². The van der Waals surface area contributed by atoms with Crippen molar-refractivity contribution in [3.63, 3.8) is 0 Å². The highest BCUT2D eigenvalue weighted by Gasteiger charge is 2.36. The summed E-state index contributed by atoms with van der Waals surface area (Å²) in [5.41, 5.74) is 2.17. The molecule has 3 aromatic carbocycles. The average molecular weight is 519 g/mol. The molecule has 4 aromatic rings. The molecule has 9 heteroatoms. The standard InChI is InChI=1S/C29H26O9/c1-32-16-8-6-15(7-9-16)19-14-37-29-26-18(17-10-21(34-3)22(35-4)12-20(17)33-2)11-25(30)38-24(26)13-23(36-5)27(29)28(19)31/h6-10,12-14,18H,11H2,1-5H3. The number of carbonyl (C=O) groups excluding carboxylic acids is 1. The highest BCUT2D eigenvalue weighted by atomic mass is 16.5. The van der Waals surface area contributed by atoms with E-state index in [2.05, 4.69) is 0 Å². The zero-order valence-electron chi connectivity index (χ0n) is 21.6. The molecule has 0 aliphatic carbocycles. The highest BCUT2D eigenvalue weighted by Crippen LogP contribution is 2.49. The normalized spacial score (nSPS) is 14.4. The Kier molecular flexibility index (Phi) is 6.59. The number of benzene rings is 3. The minimum Gasteiger partial charge on any atom is -0.497 e. The number of hydrogen-bond donors (Lipinski definition) is 0. The highest BCUT2D eigenvalue weighted by molar-refractivity contribution is 5.94. The van der Waals surface area contributed by atoms with Crippen LogP contribution in [-0.2, 0) is 4.79 Å². The van der Waals surface area contributed by atoms with E-state index in [-0.39, 0.29) is 34.3 Å². The van der Waals surface area contributed by atoms with Crippen LogP contribution in [0.25, 0.3) is 22.1 Å². The monoisotopic (exact) mass is 518 g/mol. The summed E-state index contributed by atoms with van der Waals surface area (Å²) in [6.45, 7) is 0. The van der Waals surface area contributed by atoms with Crippen LogP contribution in [-0.4, -0.2) is 41.5 Å². The van der Waals surface area contributed by atoms with E-state index in [9.17, 15) is 9.59 Å². The van der Waals surface area contributed by atoms with E-state index >= 15 is 0 Å². The van der Waals surface area contributed by atoms with Crippen LogP contribution in [0.1, 0.15) is 23.5 Å². The van der Waals surface area contributed by atoms with Gasteiger partial charge < -0.3 is 32.8 Å². The zero-order chi connectivity index (χ0) is 27.0. The number of rotatable bonds is 7. The molecule has 1 aliphatic heterocycles. The Morgan fingerprint density at radius 1 is 0.763 bits per heavy atom. The molecule has 1 aliphatic rings. The molecule has 0 saturated carbocycles. The fraction of sp³-hybridized carbons (Fsp3) is 0.241. The van der Waals surface area contributed by atoms with E-state index < -0.39 is 11.9 Å². The van der Waals surface area contributed by atoms with Crippen molar-refractivity contribution in [1.29, 1.82) is 0 Å². The first-order valence-corrected chi connectivity index (χ1v) is 11.7. The minimum atomic E-state index is -0.565. The number of fused-ring (bicyclic) bond motifs is 3. The first-order chi connectivity index (χ1) is 18.4. The number of carbonyl (C=O) groups is 1. The summed E-state index contributed by atoms with van der Waals surface area (Å²) >= 11 is 0. The van der Waals surface area contributed by atoms with Crippen molar-refractivity contribution in [2.75, 3.05) is 35.5 Å². The fourth-order valence-corrected chi connectivity index (χ4v) is 4.84. The van der Waals surface area contributed by atoms with Crippen molar-refractivity contribution in [2.24, 2.45) is 0 Å². The van der Waals surface area contributed by atoms with Crippen LogP contribution in [0, 0.1) is 0 Å². The smallest absolute Gasteiger partial charge is 0.312 e. The first kappa shape index (κ1) is 25.0. The van der Waals surface area contributed by atoms with Crippen LogP contribution < -0.4 is 33.8 Å². The van der Waals surface area contributed by atoms with E-state index in [4.69, 9.17) is 32.8 Å². The van der Waals surface area contributed by atoms with Gasteiger partial charge in [-0.25, -0.2) is 0 Å². The third-order valence-corrected chi connectivity index (χ3v) is 6.69. The van der Waals surface area contributed by atoms with Gasteiger partial charge in [-0.3, -0.25) is 9.59 Å². The fourth-order valence-electron chi connectivity index (χ4n) is 4.84. The Bertz CT molecular complexity index is 1590. The van der Waals surface area contributed by atoms with Crippen LogP contribution in [0.4, 0.5) is 0 Å². The van der Waals surface area contributed by atoms with Crippen LogP contribution in [0.3, 0.4) is 0 Å². The molecule has 0 saturated heterocycles. The Morgan fingerprint density at radius 3 is 2.05 bits per heavy atom. The second-order valence-corrected chi connectivity index (χ2v) is 8.58. The van der Waals surface area contributed by atoms with Crippen molar-refractivity contribution in [1.82, 2.24) is 0 Å². The molecule has 0 fully saturated rings. The number of esters is 1. The number of ether oxygens (including phenoxy) is 6. The number of hydrogen-bond acceptors (Lipinski definition) is 9.